The molecule has 0 saturated heterocycles. The fourth-order valence-electron chi connectivity index (χ4n) is 1.44. The maximum atomic E-state index is 13.3. The van der Waals surface area contributed by atoms with E-state index in [4.69, 9.17) is 15.2 Å². The van der Waals surface area contributed by atoms with Crippen LogP contribution in [0.15, 0.2) is 18.2 Å². The van der Waals surface area contributed by atoms with Crippen molar-refractivity contribution in [2.75, 3.05) is 26.9 Å². The molecule has 0 aromatic heterocycles. The van der Waals surface area contributed by atoms with Crippen molar-refractivity contribution in [3.8, 4) is 0 Å². The minimum absolute atomic E-state index is 0.0775. The van der Waals surface area contributed by atoms with E-state index in [1.807, 2.05) is 0 Å². The van der Waals surface area contributed by atoms with Crippen LogP contribution in [0.5, 0.6) is 0 Å². The van der Waals surface area contributed by atoms with Crippen LogP contribution in [-0.2, 0) is 15.7 Å². The summed E-state index contributed by atoms with van der Waals surface area (Å²) in [5.74, 6) is -1.34. The first-order chi connectivity index (χ1) is 8.86. The first kappa shape index (κ1) is 15.9. The van der Waals surface area contributed by atoms with Crippen molar-refractivity contribution in [2.45, 2.75) is 12.2 Å². The molecule has 108 valence electrons. The van der Waals surface area contributed by atoms with Gasteiger partial charge in [0, 0.05) is 7.11 Å². The van der Waals surface area contributed by atoms with E-state index in [1.165, 1.54) is 7.11 Å². The van der Waals surface area contributed by atoms with E-state index >= 15 is 0 Å². The second-order valence-corrected chi connectivity index (χ2v) is 3.91. The highest BCUT2D eigenvalue weighted by Gasteiger charge is 2.34. The Balaban J connectivity index is 2.67. The summed E-state index contributed by atoms with van der Waals surface area (Å²) >= 11 is 0. The Morgan fingerprint density at radius 2 is 1.95 bits per heavy atom. The number of halogens is 4. The Morgan fingerprint density at radius 3 is 2.47 bits per heavy atom. The van der Waals surface area contributed by atoms with Crippen molar-refractivity contribution >= 4 is 0 Å². The quantitative estimate of drug-likeness (QED) is 0.643. The van der Waals surface area contributed by atoms with E-state index in [0.717, 1.165) is 12.1 Å². The lowest BCUT2D eigenvalue weighted by molar-refractivity contribution is -0.140. The van der Waals surface area contributed by atoms with Gasteiger partial charge in [-0.2, -0.15) is 13.2 Å². The van der Waals surface area contributed by atoms with Gasteiger partial charge in [0.25, 0.3) is 0 Å². The van der Waals surface area contributed by atoms with Gasteiger partial charge in [0.15, 0.2) is 0 Å². The summed E-state index contributed by atoms with van der Waals surface area (Å²) in [6.07, 6.45) is -4.71. The zero-order valence-electron chi connectivity index (χ0n) is 10.3. The van der Waals surface area contributed by atoms with Gasteiger partial charge in [-0.3, -0.25) is 0 Å². The van der Waals surface area contributed by atoms with Gasteiger partial charge in [0.05, 0.1) is 31.4 Å². The van der Waals surface area contributed by atoms with E-state index in [0.29, 0.717) is 19.3 Å². The monoisotopic (exact) mass is 281 g/mol. The highest BCUT2D eigenvalue weighted by atomic mass is 19.4. The molecule has 0 amide bonds. The standard InChI is InChI=1S/C12H15F4NO2/c1-18-4-5-19-7-11(17)8-2-3-9(10(13)6-8)12(14,15)16/h2-3,6,11H,4-5,7,17H2,1H3. The first-order valence-electron chi connectivity index (χ1n) is 5.55. The van der Waals surface area contributed by atoms with Crippen molar-refractivity contribution in [1.29, 1.82) is 0 Å². The molecule has 0 aliphatic rings. The fourth-order valence-corrected chi connectivity index (χ4v) is 1.44. The van der Waals surface area contributed by atoms with E-state index in [-0.39, 0.29) is 12.2 Å². The third kappa shape index (κ3) is 4.77. The van der Waals surface area contributed by atoms with Crippen molar-refractivity contribution in [3.05, 3.63) is 35.1 Å². The lowest BCUT2D eigenvalue weighted by atomic mass is 10.1. The Morgan fingerprint density at radius 1 is 1.26 bits per heavy atom. The largest absolute Gasteiger partial charge is 0.419 e. The number of rotatable bonds is 6. The molecule has 1 aromatic carbocycles. The SMILES string of the molecule is COCCOCC(N)c1ccc(C(F)(F)F)c(F)c1. The van der Waals surface area contributed by atoms with Crippen LogP contribution < -0.4 is 5.73 Å². The molecule has 0 radical (unpaired) electrons. The second kappa shape index (κ2) is 6.83. The van der Waals surface area contributed by atoms with E-state index < -0.39 is 23.6 Å². The van der Waals surface area contributed by atoms with Crippen LogP contribution in [-0.4, -0.2) is 26.9 Å². The van der Waals surface area contributed by atoms with Crippen LogP contribution >= 0.6 is 0 Å². The molecular weight excluding hydrogens is 266 g/mol. The highest BCUT2D eigenvalue weighted by Crippen LogP contribution is 2.32. The summed E-state index contributed by atoms with van der Waals surface area (Å²) in [6, 6.07) is 1.93. The second-order valence-electron chi connectivity index (χ2n) is 3.91. The first-order valence-corrected chi connectivity index (χ1v) is 5.55. The predicted octanol–water partition coefficient (Wildman–Crippen LogP) is 2.51. The number of ether oxygens (including phenoxy) is 2. The van der Waals surface area contributed by atoms with Crippen LogP contribution in [0.25, 0.3) is 0 Å². The molecule has 0 heterocycles. The molecule has 0 bridgehead atoms. The Bertz CT molecular complexity index is 409. The van der Waals surface area contributed by atoms with Gasteiger partial charge in [-0.15, -0.1) is 0 Å². The van der Waals surface area contributed by atoms with Crippen LogP contribution in [0.3, 0.4) is 0 Å². The van der Waals surface area contributed by atoms with Gasteiger partial charge in [-0.1, -0.05) is 6.07 Å². The molecule has 0 aliphatic heterocycles. The minimum Gasteiger partial charge on any atom is -0.382 e. The number of hydrogen-bond donors (Lipinski definition) is 1. The molecule has 3 nitrogen and oxygen atoms in total. The molecule has 1 aromatic rings. The molecule has 1 unspecified atom stereocenters. The van der Waals surface area contributed by atoms with E-state index in [2.05, 4.69) is 0 Å². The van der Waals surface area contributed by atoms with Gasteiger partial charge in [-0.25, -0.2) is 4.39 Å². The molecule has 1 atom stereocenters. The Kier molecular flexibility index (Phi) is 5.71. The number of methoxy groups -OCH3 is 1. The smallest absolute Gasteiger partial charge is 0.382 e. The fraction of sp³-hybridized carbons (Fsp3) is 0.500. The van der Waals surface area contributed by atoms with Crippen molar-refractivity contribution < 1.29 is 27.0 Å². The summed E-state index contributed by atoms with van der Waals surface area (Å²) in [7, 11) is 1.51. The van der Waals surface area contributed by atoms with E-state index in [1.54, 1.807) is 0 Å². The molecule has 0 saturated carbocycles. The van der Waals surface area contributed by atoms with Crippen LogP contribution in [0.4, 0.5) is 17.6 Å². The third-order valence-electron chi connectivity index (χ3n) is 2.46. The Hall–Kier alpha value is -1.18. The summed E-state index contributed by atoms with van der Waals surface area (Å²) in [5, 5.41) is 0. The lowest BCUT2D eigenvalue weighted by Crippen LogP contribution is -2.19. The third-order valence-corrected chi connectivity index (χ3v) is 2.46. The minimum atomic E-state index is -4.71. The highest BCUT2D eigenvalue weighted by molar-refractivity contribution is 5.28. The van der Waals surface area contributed by atoms with Crippen LogP contribution in [0.1, 0.15) is 17.2 Å². The van der Waals surface area contributed by atoms with Gasteiger partial charge < -0.3 is 15.2 Å². The van der Waals surface area contributed by atoms with Crippen molar-refractivity contribution in [2.24, 2.45) is 5.73 Å². The maximum Gasteiger partial charge on any atom is 0.419 e. The van der Waals surface area contributed by atoms with Crippen molar-refractivity contribution in [1.82, 2.24) is 0 Å². The normalized spacial score (nSPS) is 13.6. The molecule has 19 heavy (non-hydrogen) atoms. The maximum absolute atomic E-state index is 13.3. The number of alkyl halides is 3. The van der Waals surface area contributed by atoms with Gasteiger partial charge in [0.1, 0.15) is 5.82 Å². The van der Waals surface area contributed by atoms with Crippen LogP contribution in [0.2, 0.25) is 0 Å². The molecule has 0 fully saturated rings. The number of benzene rings is 1. The molecule has 1 rings (SSSR count). The summed E-state index contributed by atoms with van der Waals surface area (Å²) in [4.78, 5) is 0. The summed E-state index contributed by atoms with van der Waals surface area (Å²) in [6.45, 7) is 0.773. The van der Waals surface area contributed by atoms with Gasteiger partial charge in [0.2, 0.25) is 0 Å². The lowest BCUT2D eigenvalue weighted by Gasteiger charge is -2.14. The van der Waals surface area contributed by atoms with Gasteiger partial charge >= 0.3 is 6.18 Å². The van der Waals surface area contributed by atoms with Gasteiger partial charge in [-0.05, 0) is 17.7 Å². The summed E-state index contributed by atoms with van der Waals surface area (Å²) < 4.78 is 60.3. The average molecular weight is 281 g/mol. The number of nitrogens with two attached hydrogens (primary N) is 1. The molecule has 0 aliphatic carbocycles. The summed E-state index contributed by atoms with van der Waals surface area (Å²) in [5.41, 5.74) is 4.64. The predicted molar refractivity (Wildman–Crippen MR) is 61.0 cm³/mol. The van der Waals surface area contributed by atoms with Crippen LogP contribution in [0, 0.1) is 5.82 Å². The molecule has 2 N–H and O–H groups in total. The van der Waals surface area contributed by atoms with E-state index in [9.17, 15) is 17.6 Å². The van der Waals surface area contributed by atoms with Crippen molar-refractivity contribution in [3.63, 3.8) is 0 Å². The molecule has 7 heteroatoms. The molecule has 0 spiro atoms. The zero-order valence-corrected chi connectivity index (χ0v) is 10.3. The average Bonchev–Trinajstić information content (AvgIpc) is 2.32. The topological polar surface area (TPSA) is 44.5 Å². The molecular formula is C12H15F4NO2. The number of hydrogen-bond acceptors (Lipinski definition) is 3. The zero-order chi connectivity index (χ0) is 14.5. The Labute approximate surface area is 108 Å².